The Balaban J connectivity index is 1.27. The molecule has 0 saturated carbocycles. The van der Waals surface area contributed by atoms with E-state index in [2.05, 4.69) is 40.5 Å². The van der Waals surface area contributed by atoms with Crippen LogP contribution in [0, 0.1) is 5.82 Å². The summed E-state index contributed by atoms with van der Waals surface area (Å²) in [6.45, 7) is 7.77. The molecule has 7 nitrogen and oxygen atoms in total. The van der Waals surface area contributed by atoms with Crippen LogP contribution in [0.15, 0.2) is 53.6 Å². The molecule has 9 heteroatoms. The van der Waals surface area contributed by atoms with Gasteiger partial charge in [-0.05, 0) is 40.8 Å². The highest BCUT2D eigenvalue weighted by molar-refractivity contribution is 8.01. The first-order valence-electron chi connectivity index (χ1n) is 11.4. The molecule has 2 amide bonds. The Morgan fingerprint density at radius 3 is 2.59 bits per heavy atom. The molecule has 4 N–H and O–H groups in total. The number of allylic oxidation sites excluding steroid dienone is 1. The molecule has 2 aromatic rings. The van der Waals surface area contributed by atoms with Crippen LogP contribution in [0.4, 0.5) is 14.9 Å². The van der Waals surface area contributed by atoms with Crippen molar-refractivity contribution in [1.29, 1.82) is 0 Å². The van der Waals surface area contributed by atoms with Crippen molar-refractivity contribution < 1.29 is 13.9 Å². The molecule has 2 aliphatic heterocycles. The molecule has 1 saturated heterocycles. The molecular weight excluding hydrogens is 453 g/mol. The molecule has 34 heavy (non-hydrogen) atoms. The molecule has 1 fully saturated rings. The second-order valence-electron chi connectivity index (χ2n) is 8.83. The van der Waals surface area contributed by atoms with Crippen molar-refractivity contribution in [3.8, 4) is 5.75 Å². The topological polar surface area (TPSA) is 77.7 Å². The number of ether oxygens (including phenoxy) is 1. The molecule has 0 atom stereocenters. The van der Waals surface area contributed by atoms with Crippen LogP contribution in [-0.4, -0.2) is 44.4 Å². The van der Waals surface area contributed by atoms with Gasteiger partial charge in [-0.15, -0.1) is 11.4 Å². The van der Waals surface area contributed by atoms with Gasteiger partial charge < -0.3 is 25.6 Å². The van der Waals surface area contributed by atoms with Crippen molar-refractivity contribution >= 4 is 28.2 Å². The summed E-state index contributed by atoms with van der Waals surface area (Å²) < 4.78 is 19.9. The summed E-state index contributed by atoms with van der Waals surface area (Å²) in [4.78, 5) is 14.5. The van der Waals surface area contributed by atoms with Crippen molar-refractivity contribution in [1.82, 2.24) is 21.3 Å². The largest absolute Gasteiger partial charge is 0.497 e. The van der Waals surface area contributed by atoms with Gasteiger partial charge in [0, 0.05) is 43.8 Å². The van der Waals surface area contributed by atoms with Gasteiger partial charge in [-0.3, -0.25) is 5.32 Å². The lowest BCUT2D eigenvalue weighted by Gasteiger charge is -2.29. The number of nitrogens with zero attached hydrogens (tertiary/aromatic N) is 1. The number of hydrogen-bond acceptors (Lipinski definition) is 5. The third-order valence-corrected chi connectivity index (χ3v) is 7.08. The number of hydrogen-bond donors (Lipinski definition) is 5. The van der Waals surface area contributed by atoms with E-state index in [4.69, 9.17) is 4.74 Å². The van der Waals surface area contributed by atoms with Crippen molar-refractivity contribution in [2.24, 2.45) is 0 Å². The average molecular weight is 486 g/mol. The number of halogens is 1. The lowest BCUT2D eigenvalue weighted by molar-refractivity contribution is 0.245. The van der Waals surface area contributed by atoms with E-state index in [1.165, 1.54) is 6.07 Å². The molecule has 4 rings (SSSR count). The van der Waals surface area contributed by atoms with E-state index in [1.54, 1.807) is 13.2 Å². The number of amides is 2. The fourth-order valence-corrected chi connectivity index (χ4v) is 5.02. The summed E-state index contributed by atoms with van der Waals surface area (Å²) in [5.41, 5.74) is 3.22. The molecule has 0 unspecified atom stereocenters. The zero-order valence-electron chi connectivity index (χ0n) is 19.7. The number of benzene rings is 2. The normalized spacial score (nSPS) is 16.1. The molecule has 2 aliphatic rings. The van der Waals surface area contributed by atoms with Crippen LogP contribution in [0.3, 0.4) is 0 Å². The van der Waals surface area contributed by atoms with E-state index < -0.39 is 0 Å². The van der Waals surface area contributed by atoms with Gasteiger partial charge in [0.15, 0.2) is 0 Å². The minimum Gasteiger partial charge on any atom is -0.497 e. The van der Waals surface area contributed by atoms with Crippen molar-refractivity contribution in [2.75, 3.05) is 38.2 Å². The van der Waals surface area contributed by atoms with E-state index in [0.29, 0.717) is 16.4 Å². The van der Waals surface area contributed by atoms with Crippen LogP contribution in [0.1, 0.15) is 25.0 Å². The Labute approximate surface area is 203 Å². The number of methoxy groups -OCH3 is 1. The van der Waals surface area contributed by atoms with Crippen LogP contribution < -0.4 is 30.9 Å². The standard InChI is InChI=1S/C25H32FN5O2S/c1-25(2,18-5-7-19(33-3)8-6-18)22-16-34-24(29-22)30-23(32)28-15-17-4-9-21(20(26)14-17)31-12-10-27-11-13-31/h4-9,14,16,27,29,34H,10-13,15H2,1-3H3,(H2,28,30,32). The number of carbonyl (C=O) groups excluding carboxylic acids is 1. The second kappa shape index (κ2) is 10.5. The Kier molecular flexibility index (Phi) is 7.43. The maximum atomic E-state index is 14.6. The number of rotatable bonds is 6. The first kappa shape index (κ1) is 24.1. The number of anilines is 1. The summed E-state index contributed by atoms with van der Waals surface area (Å²) >= 11 is 0.880. The number of urea groups is 1. The van der Waals surface area contributed by atoms with Crippen molar-refractivity contribution in [2.45, 2.75) is 25.8 Å². The minimum absolute atomic E-state index is 0.242. The first-order chi connectivity index (χ1) is 16.4. The quantitative estimate of drug-likeness (QED) is 0.321. The van der Waals surface area contributed by atoms with Crippen LogP contribution in [-0.2, 0) is 12.0 Å². The maximum absolute atomic E-state index is 14.6. The van der Waals surface area contributed by atoms with Crippen molar-refractivity contribution in [3.05, 3.63) is 70.5 Å². The predicted molar refractivity (Wildman–Crippen MR) is 138 cm³/mol. The van der Waals surface area contributed by atoms with Crippen LogP contribution >= 0.6 is 11.4 Å². The summed E-state index contributed by atoms with van der Waals surface area (Å²) in [6.07, 6.45) is 0. The third kappa shape index (κ3) is 5.53. The summed E-state index contributed by atoms with van der Waals surface area (Å²) in [5.74, 6) is 0.552. The van der Waals surface area contributed by atoms with E-state index >= 15 is 0 Å². The van der Waals surface area contributed by atoms with Gasteiger partial charge in [0.2, 0.25) is 0 Å². The number of carbonyl (C=O) groups is 1. The SMILES string of the molecule is COc1ccc(C(C)(C)C2=C[SH]=C(NC(=O)NCc3ccc(N4CCNCC4)c(F)c3)N2)cc1. The molecule has 0 aromatic heterocycles. The van der Waals surface area contributed by atoms with E-state index in [1.807, 2.05) is 35.2 Å². The zero-order chi connectivity index (χ0) is 24.1. The van der Waals surface area contributed by atoms with Gasteiger partial charge >= 0.3 is 6.03 Å². The summed E-state index contributed by atoms with van der Waals surface area (Å²) in [7, 11) is 1.65. The average Bonchev–Trinajstić information content (AvgIpc) is 3.33. The molecule has 0 spiro atoms. The Morgan fingerprint density at radius 1 is 1.18 bits per heavy atom. The fourth-order valence-electron chi connectivity index (χ4n) is 4.02. The highest BCUT2D eigenvalue weighted by atomic mass is 32.1. The number of piperazine rings is 1. The summed E-state index contributed by atoms with van der Waals surface area (Å²) in [5, 5.41) is 15.0. The highest BCUT2D eigenvalue weighted by Gasteiger charge is 2.28. The van der Waals surface area contributed by atoms with E-state index in [0.717, 1.165) is 54.5 Å². The minimum atomic E-state index is -0.335. The Bertz CT molecular complexity index is 1090. The number of thiol groups is 1. The van der Waals surface area contributed by atoms with Gasteiger partial charge in [0.25, 0.3) is 0 Å². The van der Waals surface area contributed by atoms with E-state index in [-0.39, 0.29) is 23.8 Å². The van der Waals surface area contributed by atoms with Crippen LogP contribution in [0.5, 0.6) is 5.75 Å². The van der Waals surface area contributed by atoms with E-state index in [9.17, 15) is 9.18 Å². The Hall–Kier alpha value is -3.04. The summed E-state index contributed by atoms with van der Waals surface area (Å²) in [6, 6.07) is 12.8. The first-order valence-corrected chi connectivity index (χ1v) is 12.3. The smallest absolute Gasteiger partial charge is 0.321 e. The predicted octanol–water partition coefficient (Wildman–Crippen LogP) is 3.02. The highest BCUT2D eigenvalue weighted by Crippen LogP contribution is 2.33. The third-order valence-electron chi connectivity index (χ3n) is 6.22. The van der Waals surface area contributed by atoms with Gasteiger partial charge in [0.05, 0.1) is 12.8 Å². The molecule has 0 radical (unpaired) electrons. The molecule has 0 aliphatic carbocycles. The fraction of sp³-hybridized carbons (Fsp3) is 0.360. The van der Waals surface area contributed by atoms with Gasteiger partial charge in [-0.2, -0.15) is 0 Å². The van der Waals surface area contributed by atoms with Crippen LogP contribution in [0.2, 0.25) is 0 Å². The Morgan fingerprint density at radius 2 is 1.91 bits per heavy atom. The number of nitrogens with one attached hydrogen (secondary N) is 4. The van der Waals surface area contributed by atoms with Gasteiger partial charge in [0.1, 0.15) is 16.7 Å². The molecule has 182 valence electrons. The van der Waals surface area contributed by atoms with Gasteiger partial charge in [-0.25, -0.2) is 9.18 Å². The zero-order valence-corrected chi connectivity index (χ0v) is 20.6. The molecular formula is C25H32FN5O2S. The second-order valence-corrected chi connectivity index (χ2v) is 9.79. The maximum Gasteiger partial charge on any atom is 0.321 e. The lowest BCUT2D eigenvalue weighted by atomic mass is 9.82. The molecule has 2 aromatic carbocycles. The van der Waals surface area contributed by atoms with Crippen LogP contribution in [0.25, 0.3) is 0 Å². The molecule has 2 heterocycles. The monoisotopic (exact) mass is 485 g/mol. The van der Waals surface area contributed by atoms with Gasteiger partial charge in [-0.1, -0.05) is 32.0 Å². The van der Waals surface area contributed by atoms with Crippen molar-refractivity contribution in [3.63, 3.8) is 0 Å². The lowest BCUT2D eigenvalue weighted by Crippen LogP contribution is -2.45. The molecule has 0 bridgehead atoms.